The van der Waals surface area contributed by atoms with Crippen molar-refractivity contribution < 1.29 is 24.2 Å². The molecular formula is C28H24N2O5S. The third kappa shape index (κ3) is 3.79. The molecule has 0 spiro atoms. The number of aliphatic hydroxyl groups excluding tert-OH is 1. The first-order valence-corrected chi connectivity index (χ1v) is 12.1. The summed E-state index contributed by atoms with van der Waals surface area (Å²) in [4.78, 5) is 33.0. The monoisotopic (exact) mass is 500 g/mol. The molecule has 5 rings (SSSR count). The topological polar surface area (TPSA) is 89.0 Å². The van der Waals surface area contributed by atoms with Crippen LogP contribution in [0.4, 0.5) is 5.13 Å². The number of nitrogens with zero attached hydrogens (tertiary/aromatic N) is 2. The van der Waals surface area contributed by atoms with Crippen molar-refractivity contribution in [3.63, 3.8) is 0 Å². The molecule has 0 radical (unpaired) electrons. The van der Waals surface area contributed by atoms with Gasteiger partial charge < -0.3 is 14.6 Å². The van der Waals surface area contributed by atoms with Crippen molar-refractivity contribution in [3.05, 3.63) is 88.5 Å². The van der Waals surface area contributed by atoms with Gasteiger partial charge >= 0.3 is 5.91 Å². The Morgan fingerprint density at radius 2 is 1.69 bits per heavy atom. The van der Waals surface area contributed by atoms with Crippen molar-refractivity contribution in [2.45, 2.75) is 19.9 Å². The molecule has 1 saturated heterocycles. The zero-order valence-corrected chi connectivity index (χ0v) is 21.1. The fraction of sp³-hybridized carbons (Fsp3) is 0.179. The number of carbonyl (C=O) groups is 2. The third-order valence-corrected chi connectivity index (χ3v) is 7.24. The number of ether oxygens (including phenoxy) is 2. The molecule has 7 nitrogen and oxygen atoms in total. The maximum absolute atomic E-state index is 13.5. The number of carbonyl (C=O) groups excluding carboxylic acids is 2. The molecule has 1 aromatic heterocycles. The number of fused-ring (bicyclic) bond motifs is 1. The van der Waals surface area contributed by atoms with Crippen LogP contribution in [0.15, 0.2) is 66.2 Å². The minimum atomic E-state index is -0.910. The number of thiazole rings is 1. The van der Waals surface area contributed by atoms with Crippen molar-refractivity contribution in [1.29, 1.82) is 0 Å². The van der Waals surface area contributed by atoms with Gasteiger partial charge in [-0.2, -0.15) is 0 Å². The van der Waals surface area contributed by atoms with E-state index >= 15 is 0 Å². The molecule has 8 heteroatoms. The van der Waals surface area contributed by atoms with Gasteiger partial charge in [0.25, 0.3) is 5.78 Å². The van der Waals surface area contributed by atoms with Gasteiger partial charge in [0.15, 0.2) is 16.6 Å². The van der Waals surface area contributed by atoms with E-state index in [0.717, 1.165) is 21.3 Å². The maximum Gasteiger partial charge on any atom is 0.301 e. The Labute approximate surface area is 212 Å². The molecule has 0 bridgehead atoms. The van der Waals surface area contributed by atoms with Gasteiger partial charge in [-0.05, 0) is 48.7 Å². The Hall–Kier alpha value is -4.17. The van der Waals surface area contributed by atoms with Crippen LogP contribution in [0.2, 0.25) is 0 Å². The molecule has 0 saturated carbocycles. The molecule has 1 aliphatic heterocycles. The number of aryl methyl sites for hydroxylation is 2. The molecule has 1 fully saturated rings. The van der Waals surface area contributed by atoms with Crippen LogP contribution in [0, 0.1) is 13.8 Å². The number of aliphatic hydroxyl groups is 1. The Kier molecular flexibility index (Phi) is 5.97. The van der Waals surface area contributed by atoms with Gasteiger partial charge in [0.2, 0.25) is 0 Å². The van der Waals surface area contributed by atoms with Crippen LogP contribution in [0.25, 0.3) is 16.0 Å². The number of benzene rings is 3. The van der Waals surface area contributed by atoms with Crippen molar-refractivity contribution >= 4 is 44.1 Å². The highest BCUT2D eigenvalue weighted by atomic mass is 32.1. The number of hydrogen-bond donors (Lipinski definition) is 1. The summed E-state index contributed by atoms with van der Waals surface area (Å²) in [6, 6.07) is 17.0. The molecule has 1 N–H and O–H groups in total. The number of amides is 1. The van der Waals surface area contributed by atoms with Crippen molar-refractivity contribution in [1.82, 2.24) is 4.98 Å². The standard InChI is InChI=1S/C28H24N2O5S/c1-15-12-16(2)23-21(13-15)36-28(29-23)30-24(18-10-11-19(34-3)20(14-18)35-4)22(26(32)27(30)33)25(31)17-8-6-5-7-9-17/h5-14,24,31H,1-4H3/b25-22+/t24-/m1/s1. The molecule has 1 amide bonds. The van der Waals surface area contributed by atoms with Gasteiger partial charge in [-0.25, -0.2) is 4.98 Å². The van der Waals surface area contributed by atoms with Crippen LogP contribution < -0.4 is 14.4 Å². The minimum absolute atomic E-state index is 0.00872. The summed E-state index contributed by atoms with van der Waals surface area (Å²) in [6.07, 6.45) is 0. The van der Waals surface area contributed by atoms with Gasteiger partial charge in [0.05, 0.1) is 36.1 Å². The van der Waals surface area contributed by atoms with Crippen LogP contribution in [-0.4, -0.2) is 36.0 Å². The van der Waals surface area contributed by atoms with E-state index in [-0.39, 0.29) is 11.3 Å². The van der Waals surface area contributed by atoms with E-state index in [2.05, 4.69) is 0 Å². The highest BCUT2D eigenvalue weighted by molar-refractivity contribution is 7.22. The summed E-state index contributed by atoms with van der Waals surface area (Å²) in [5.41, 5.74) is 3.85. The predicted molar refractivity (Wildman–Crippen MR) is 140 cm³/mol. The molecule has 0 aliphatic carbocycles. The van der Waals surface area contributed by atoms with Crippen LogP contribution in [0.5, 0.6) is 11.5 Å². The Balaban J connectivity index is 1.76. The van der Waals surface area contributed by atoms with Crippen molar-refractivity contribution in [2.24, 2.45) is 0 Å². The fourth-order valence-corrected chi connectivity index (χ4v) is 5.75. The smallest absolute Gasteiger partial charge is 0.301 e. The average Bonchev–Trinajstić information content (AvgIpc) is 3.42. The highest BCUT2D eigenvalue weighted by Gasteiger charge is 2.48. The lowest BCUT2D eigenvalue weighted by molar-refractivity contribution is -0.132. The number of hydrogen-bond acceptors (Lipinski definition) is 7. The quantitative estimate of drug-likeness (QED) is 0.219. The van der Waals surface area contributed by atoms with Gasteiger partial charge in [0, 0.05) is 5.56 Å². The lowest BCUT2D eigenvalue weighted by atomic mass is 9.95. The van der Waals surface area contributed by atoms with E-state index in [1.165, 1.54) is 30.5 Å². The first-order valence-electron chi connectivity index (χ1n) is 11.3. The summed E-state index contributed by atoms with van der Waals surface area (Å²) in [5, 5.41) is 11.6. The molecule has 1 aliphatic rings. The number of aromatic nitrogens is 1. The summed E-state index contributed by atoms with van der Waals surface area (Å²) in [5.74, 6) is -0.822. The second-order valence-corrected chi connectivity index (χ2v) is 9.58. The van der Waals surface area contributed by atoms with Crippen molar-refractivity contribution in [3.8, 4) is 11.5 Å². The van der Waals surface area contributed by atoms with E-state index in [1.807, 2.05) is 32.0 Å². The zero-order valence-electron chi connectivity index (χ0n) is 20.2. The zero-order chi connectivity index (χ0) is 25.6. The number of rotatable bonds is 5. The molecule has 3 aromatic carbocycles. The van der Waals surface area contributed by atoms with E-state index in [1.54, 1.807) is 42.5 Å². The predicted octanol–water partition coefficient (Wildman–Crippen LogP) is 5.56. The van der Waals surface area contributed by atoms with E-state index in [9.17, 15) is 14.7 Å². The largest absolute Gasteiger partial charge is 0.507 e. The SMILES string of the molecule is COc1ccc([C@@H]2/C(=C(\O)c3ccccc3)C(=O)C(=O)N2c2nc3c(C)cc(C)cc3s2)cc1OC. The Morgan fingerprint density at radius 1 is 0.972 bits per heavy atom. The van der Waals surface area contributed by atoms with Gasteiger partial charge in [-0.15, -0.1) is 0 Å². The number of methoxy groups -OCH3 is 2. The van der Waals surface area contributed by atoms with Gasteiger partial charge in [-0.1, -0.05) is 53.8 Å². The summed E-state index contributed by atoms with van der Waals surface area (Å²) in [6.45, 7) is 3.97. The third-order valence-electron chi connectivity index (χ3n) is 6.24. The van der Waals surface area contributed by atoms with Crippen molar-refractivity contribution in [2.75, 3.05) is 19.1 Å². The molecule has 1 atom stereocenters. The van der Waals surface area contributed by atoms with Crippen LogP contribution in [-0.2, 0) is 9.59 Å². The Morgan fingerprint density at radius 3 is 2.39 bits per heavy atom. The molecular weight excluding hydrogens is 476 g/mol. The molecule has 182 valence electrons. The average molecular weight is 501 g/mol. The van der Waals surface area contributed by atoms with Gasteiger partial charge in [-0.3, -0.25) is 14.5 Å². The van der Waals surface area contributed by atoms with Crippen LogP contribution >= 0.6 is 11.3 Å². The fourth-order valence-electron chi connectivity index (χ4n) is 4.58. The van der Waals surface area contributed by atoms with E-state index < -0.39 is 17.7 Å². The first-order chi connectivity index (χ1) is 17.3. The van der Waals surface area contributed by atoms with E-state index in [0.29, 0.717) is 27.8 Å². The second kappa shape index (κ2) is 9.13. The summed E-state index contributed by atoms with van der Waals surface area (Å²) in [7, 11) is 3.05. The molecule has 4 aromatic rings. The summed E-state index contributed by atoms with van der Waals surface area (Å²) < 4.78 is 11.8. The normalized spacial score (nSPS) is 17.1. The molecule has 0 unspecified atom stereocenters. The number of ketones is 1. The lowest BCUT2D eigenvalue weighted by Gasteiger charge is -2.23. The molecule has 36 heavy (non-hydrogen) atoms. The Bertz CT molecular complexity index is 1540. The number of Topliss-reactive ketones (excluding diaryl/α,β-unsaturated/α-hetero) is 1. The van der Waals surface area contributed by atoms with E-state index in [4.69, 9.17) is 14.5 Å². The second-order valence-electron chi connectivity index (χ2n) is 8.57. The number of anilines is 1. The summed E-state index contributed by atoms with van der Waals surface area (Å²) >= 11 is 1.34. The first kappa shape index (κ1) is 23.6. The minimum Gasteiger partial charge on any atom is -0.507 e. The maximum atomic E-state index is 13.5. The van der Waals surface area contributed by atoms with Gasteiger partial charge in [0.1, 0.15) is 5.76 Å². The van der Waals surface area contributed by atoms with Crippen LogP contribution in [0.1, 0.15) is 28.3 Å². The lowest BCUT2D eigenvalue weighted by Crippen LogP contribution is -2.29. The molecule has 2 heterocycles. The highest BCUT2D eigenvalue weighted by Crippen LogP contribution is 2.46. The van der Waals surface area contributed by atoms with Crippen LogP contribution in [0.3, 0.4) is 0 Å².